The first kappa shape index (κ1) is 13.5. The Labute approximate surface area is 119 Å². The molecule has 20 heavy (non-hydrogen) atoms. The van der Waals surface area contributed by atoms with E-state index < -0.39 is 0 Å². The van der Waals surface area contributed by atoms with Crippen molar-refractivity contribution in [1.82, 2.24) is 15.4 Å². The Morgan fingerprint density at radius 1 is 1.30 bits per heavy atom. The minimum absolute atomic E-state index is 0.0695. The second-order valence-electron chi connectivity index (χ2n) is 6.00. The summed E-state index contributed by atoms with van der Waals surface area (Å²) in [6.07, 6.45) is 8.02. The first-order valence-corrected chi connectivity index (χ1v) is 7.74. The molecule has 2 fully saturated rings. The minimum Gasteiger partial charge on any atom is -0.361 e. The summed E-state index contributed by atoms with van der Waals surface area (Å²) in [6, 6.07) is 2.45. The lowest BCUT2D eigenvalue weighted by atomic mass is 9.96. The van der Waals surface area contributed by atoms with Crippen LogP contribution in [0.25, 0.3) is 0 Å². The summed E-state index contributed by atoms with van der Waals surface area (Å²) >= 11 is 0. The van der Waals surface area contributed by atoms with Crippen LogP contribution in [0.5, 0.6) is 0 Å². The number of hydrogen-bond acceptors (Lipinski definition) is 3. The monoisotopic (exact) mass is 277 g/mol. The molecule has 1 saturated carbocycles. The molecule has 5 nitrogen and oxygen atoms in total. The number of aryl methyl sites for hydroxylation is 1. The van der Waals surface area contributed by atoms with Gasteiger partial charge in [0.2, 0.25) is 0 Å². The van der Waals surface area contributed by atoms with Crippen molar-refractivity contribution in [2.45, 2.75) is 64.0 Å². The quantitative estimate of drug-likeness (QED) is 0.903. The summed E-state index contributed by atoms with van der Waals surface area (Å²) in [7, 11) is 0. The summed E-state index contributed by atoms with van der Waals surface area (Å²) in [6.45, 7) is 2.70. The molecule has 0 bridgehead atoms. The average molecular weight is 277 g/mol. The molecule has 1 atom stereocenters. The molecular formula is C15H23N3O2. The van der Waals surface area contributed by atoms with Gasteiger partial charge < -0.3 is 14.7 Å². The summed E-state index contributed by atoms with van der Waals surface area (Å²) in [4.78, 5) is 14.4. The van der Waals surface area contributed by atoms with E-state index in [0.717, 1.165) is 43.7 Å². The number of nitrogens with zero attached hydrogens (tertiary/aromatic N) is 2. The second-order valence-corrected chi connectivity index (χ2v) is 6.00. The molecule has 1 aliphatic carbocycles. The molecule has 5 heteroatoms. The predicted octanol–water partition coefficient (Wildman–Crippen LogP) is 3.16. The van der Waals surface area contributed by atoms with Crippen molar-refractivity contribution in [2.75, 3.05) is 6.54 Å². The third-order valence-electron chi connectivity index (χ3n) is 4.43. The lowest BCUT2D eigenvalue weighted by Crippen LogP contribution is -2.45. The fraction of sp³-hybridized carbons (Fsp3) is 0.733. The van der Waals surface area contributed by atoms with E-state index >= 15 is 0 Å². The smallest absolute Gasteiger partial charge is 0.318 e. The highest BCUT2D eigenvalue weighted by molar-refractivity contribution is 5.75. The van der Waals surface area contributed by atoms with Crippen LogP contribution in [0.2, 0.25) is 0 Å². The first-order valence-electron chi connectivity index (χ1n) is 7.74. The third-order valence-corrected chi connectivity index (χ3v) is 4.43. The standard InChI is InChI=1S/C15H23N3O2/c1-11-10-13(17-20-11)14-8-5-9-18(14)15(19)16-12-6-3-2-4-7-12/h10,12,14H,2-9H2,1H3,(H,16,19)/t14-/m1/s1. The number of nitrogens with one attached hydrogen (secondary N) is 1. The SMILES string of the molecule is Cc1cc([C@H]2CCCN2C(=O)NC2CCCCC2)no1. The van der Waals surface area contributed by atoms with Gasteiger partial charge in [-0.05, 0) is 32.6 Å². The molecule has 1 saturated heterocycles. The lowest BCUT2D eigenvalue weighted by molar-refractivity contribution is 0.183. The van der Waals surface area contributed by atoms with Crippen LogP contribution in [0.1, 0.15) is 62.4 Å². The molecular weight excluding hydrogens is 254 g/mol. The highest BCUT2D eigenvalue weighted by atomic mass is 16.5. The van der Waals surface area contributed by atoms with Crippen LogP contribution in [0.15, 0.2) is 10.6 Å². The van der Waals surface area contributed by atoms with Crippen LogP contribution in [-0.2, 0) is 0 Å². The zero-order chi connectivity index (χ0) is 13.9. The highest BCUT2D eigenvalue weighted by Crippen LogP contribution is 2.31. The summed E-state index contributed by atoms with van der Waals surface area (Å²) in [5.41, 5.74) is 0.888. The Kier molecular flexibility index (Phi) is 3.94. The van der Waals surface area contributed by atoms with Crippen LogP contribution in [0.4, 0.5) is 4.79 Å². The van der Waals surface area contributed by atoms with E-state index in [9.17, 15) is 4.79 Å². The molecule has 0 radical (unpaired) electrons. The van der Waals surface area contributed by atoms with Gasteiger partial charge in [-0.3, -0.25) is 0 Å². The molecule has 1 aliphatic heterocycles. The molecule has 2 aliphatic rings. The number of hydrogen-bond donors (Lipinski definition) is 1. The molecule has 110 valence electrons. The lowest BCUT2D eigenvalue weighted by Gasteiger charge is -2.28. The van der Waals surface area contributed by atoms with Crippen molar-refractivity contribution >= 4 is 6.03 Å². The van der Waals surface area contributed by atoms with E-state index in [2.05, 4.69) is 10.5 Å². The summed E-state index contributed by atoms with van der Waals surface area (Å²) in [5.74, 6) is 0.805. The van der Waals surface area contributed by atoms with Gasteiger partial charge in [0.25, 0.3) is 0 Å². The van der Waals surface area contributed by atoms with Crippen molar-refractivity contribution in [3.05, 3.63) is 17.5 Å². The van der Waals surface area contributed by atoms with Crippen molar-refractivity contribution in [3.8, 4) is 0 Å². The van der Waals surface area contributed by atoms with Gasteiger partial charge in [-0.2, -0.15) is 0 Å². The van der Waals surface area contributed by atoms with E-state index in [1.54, 1.807) is 0 Å². The Balaban J connectivity index is 1.63. The fourth-order valence-corrected chi connectivity index (χ4v) is 3.36. The minimum atomic E-state index is 0.0695. The average Bonchev–Trinajstić information content (AvgIpc) is 3.08. The van der Waals surface area contributed by atoms with Crippen LogP contribution >= 0.6 is 0 Å². The van der Waals surface area contributed by atoms with Crippen LogP contribution in [-0.4, -0.2) is 28.7 Å². The third kappa shape index (κ3) is 2.81. The number of amides is 2. The Hall–Kier alpha value is -1.52. The van der Waals surface area contributed by atoms with Gasteiger partial charge in [-0.25, -0.2) is 4.79 Å². The van der Waals surface area contributed by atoms with Gasteiger partial charge >= 0.3 is 6.03 Å². The molecule has 2 heterocycles. The van der Waals surface area contributed by atoms with Gasteiger partial charge in [-0.15, -0.1) is 0 Å². The van der Waals surface area contributed by atoms with Gasteiger partial charge in [0.1, 0.15) is 11.5 Å². The highest BCUT2D eigenvalue weighted by Gasteiger charge is 2.33. The zero-order valence-electron chi connectivity index (χ0n) is 12.1. The maximum atomic E-state index is 12.5. The second kappa shape index (κ2) is 5.85. The van der Waals surface area contributed by atoms with Crippen molar-refractivity contribution in [3.63, 3.8) is 0 Å². The molecule has 3 rings (SSSR count). The van der Waals surface area contributed by atoms with E-state index in [-0.39, 0.29) is 12.1 Å². The number of aromatic nitrogens is 1. The van der Waals surface area contributed by atoms with Crippen molar-refractivity contribution < 1.29 is 9.32 Å². The Bertz CT molecular complexity index is 465. The van der Waals surface area contributed by atoms with Crippen LogP contribution in [0.3, 0.4) is 0 Å². The summed E-state index contributed by atoms with van der Waals surface area (Å²) < 4.78 is 5.15. The van der Waals surface area contributed by atoms with E-state index in [1.807, 2.05) is 17.9 Å². The predicted molar refractivity (Wildman–Crippen MR) is 75.3 cm³/mol. The first-order chi connectivity index (χ1) is 9.74. The number of urea groups is 1. The fourth-order valence-electron chi connectivity index (χ4n) is 3.36. The van der Waals surface area contributed by atoms with Crippen molar-refractivity contribution in [2.24, 2.45) is 0 Å². The zero-order valence-corrected chi connectivity index (χ0v) is 12.1. The van der Waals surface area contributed by atoms with E-state index in [1.165, 1.54) is 19.3 Å². The largest absolute Gasteiger partial charge is 0.361 e. The van der Waals surface area contributed by atoms with E-state index in [0.29, 0.717) is 6.04 Å². The summed E-state index contributed by atoms with van der Waals surface area (Å²) in [5, 5.41) is 7.28. The molecule has 1 aromatic heterocycles. The molecule has 1 N–H and O–H groups in total. The van der Waals surface area contributed by atoms with Gasteiger partial charge in [0, 0.05) is 18.7 Å². The molecule has 1 aromatic rings. The molecule has 2 amide bonds. The van der Waals surface area contributed by atoms with Crippen LogP contribution in [0, 0.1) is 6.92 Å². The van der Waals surface area contributed by atoms with Gasteiger partial charge in [0.05, 0.1) is 6.04 Å². The molecule has 0 spiro atoms. The number of carbonyl (C=O) groups excluding carboxylic acids is 1. The molecule has 0 aromatic carbocycles. The van der Waals surface area contributed by atoms with Crippen molar-refractivity contribution in [1.29, 1.82) is 0 Å². The Morgan fingerprint density at radius 2 is 2.10 bits per heavy atom. The molecule has 0 unspecified atom stereocenters. The van der Waals surface area contributed by atoms with Gasteiger partial charge in [0.15, 0.2) is 0 Å². The van der Waals surface area contributed by atoms with Gasteiger partial charge in [-0.1, -0.05) is 24.4 Å². The number of carbonyl (C=O) groups is 1. The Morgan fingerprint density at radius 3 is 2.80 bits per heavy atom. The number of rotatable bonds is 2. The topological polar surface area (TPSA) is 58.4 Å². The number of likely N-dealkylation sites (tertiary alicyclic amines) is 1. The van der Waals surface area contributed by atoms with Crippen LogP contribution < -0.4 is 5.32 Å². The van der Waals surface area contributed by atoms with E-state index in [4.69, 9.17) is 4.52 Å². The maximum Gasteiger partial charge on any atom is 0.318 e. The maximum absolute atomic E-state index is 12.5. The normalized spacial score (nSPS) is 24.1.